The molecule has 1 aromatic heterocycles. The molecule has 2 heterocycles. The first-order chi connectivity index (χ1) is 14.3. The summed E-state index contributed by atoms with van der Waals surface area (Å²) in [5.74, 6) is 1.44. The molecule has 1 aliphatic rings. The summed E-state index contributed by atoms with van der Waals surface area (Å²) in [6, 6.07) is 19.8. The molecular formula is C21H23N7O. The highest BCUT2D eigenvalue weighted by Crippen LogP contribution is 2.18. The second-order valence-electron chi connectivity index (χ2n) is 6.55. The summed E-state index contributed by atoms with van der Waals surface area (Å²) in [7, 11) is 0. The molecule has 0 aliphatic carbocycles. The Balaban J connectivity index is 1.60. The van der Waals surface area contributed by atoms with Crippen molar-refractivity contribution in [2.45, 2.75) is 6.92 Å². The van der Waals surface area contributed by atoms with Crippen molar-refractivity contribution in [2.24, 2.45) is 5.10 Å². The number of rotatable bonds is 6. The van der Waals surface area contributed by atoms with Crippen molar-refractivity contribution >= 4 is 29.2 Å². The standard InChI is InChI=1S/C21H23N7O/c1-16(17-8-4-2-5-9-17)26-27-20-23-19(22-18-10-6-3-7-11-18)24-21(25-20)28-12-14-29-15-13-28/h2-11H,12-15H2,1H3,(H2,22,23,24,25,27)/b26-16-. The lowest BCUT2D eigenvalue weighted by molar-refractivity contribution is 0.122. The maximum atomic E-state index is 5.44. The van der Waals surface area contributed by atoms with E-state index in [-0.39, 0.29) is 0 Å². The van der Waals surface area contributed by atoms with E-state index in [2.05, 4.69) is 35.7 Å². The lowest BCUT2D eigenvalue weighted by atomic mass is 10.1. The number of ether oxygens (including phenoxy) is 1. The first-order valence-corrected chi connectivity index (χ1v) is 9.54. The predicted molar refractivity (Wildman–Crippen MR) is 115 cm³/mol. The number of para-hydroxylation sites is 1. The third-order valence-corrected chi connectivity index (χ3v) is 4.46. The molecule has 0 bridgehead atoms. The van der Waals surface area contributed by atoms with Gasteiger partial charge in [-0.2, -0.15) is 20.1 Å². The Kier molecular flexibility index (Phi) is 5.92. The second kappa shape index (κ2) is 9.11. The van der Waals surface area contributed by atoms with Gasteiger partial charge in [0, 0.05) is 18.8 Å². The van der Waals surface area contributed by atoms with E-state index in [0.29, 0.717) is 31.1 Å². The Morgan fingerprint density at radius 2 is 1.55 bits per heavy atom. The quantitative estimate of drug-likeness (QED) is 0.494. The fourth-order valence-corrected chi connectivity index (χ4v) is 2.90. The third-order valence-electron chi connectivity index (χ3n) is 4.46. The predicted octanol–water partition coefficient (Wildman–Crippen LogP) is 3.29. The number of nitrogens with one attached hydrogen (secondary N) is 2. The Hall–Kier alpha value is -3.52. The molecule has 8 heteroatoms. The molecule has 0 radical (unpaired) electrons. The van der Waals surface area contributed by atoms with Crippen LogP contribution in [0.5, 0.6) is 0 Å². The molecule has 8 nitrogen and oxygen atoms in total. The number of benzene rings is 2. The number of aromatic nitrogens is 3. The molecule has 2 N–H and O–H groups in total. The summed E-state index contributed by atoms with van der Waals surface area (Å²) in [4.78, 5) is 15.7. The smallest absolute Gasteiger partial charge is 0.250 e. The molecule has 3 aromatic rings. The summed E-state index contributed by atoms with van der Waals surface area (Å²) >= 11 is 0. The minimum atomic E-state index is 0.384. The van der Waals surface area contributed by atoms with E-state index in [1.54, 1.807) is 0 Å². The lowest BCUT2D eigenvalue weighted by Crippen LogP contribution is -2.37. The first-order valence-electron chi connectivity index (χ1n) is 9.54. The number of nitrogens with zero attached hydrogens (tertiary/aromatic N) is 5. The van der Waals surface area contributed by atoms with Gasteiger partial charge in [0.05, 0.1) is 18.9 Å². The summed E-state index contributed by atoms with van der Waals surface area (Å²) in [5, 5.41) is 7.68. The molecule has 0 unspecified atom stereocenters. The van der Waals surface area contributed by atoms with Crippen LogP contribution in [-0.2, 0) is 4.74 Å². The third kappa shape index (κ3) is 5.05. The zero-order chi connectivity index (χ0) is 19.9. The fraction of sp³-hybridized carbons (Fsp3) is 0.238. The molecule has 29 heavy (non-hydrogen) atoms. The summed E-state index contributed by atoms with van der Waals surface area (Å²) in [5.41, 5.74) is 5.76. The molecular weight excluding hydrogens is 366 g/mol. The van der Waals surface area contributed by atoms with Gasteiger partial charge in [-0.05, 0) is 24.6 Å². The summed E-state index contributed by atoms with van der Waals surface area (Å²) in [6.45, 7) is 4.72. The lowest BCUT2D eigenvalue weighted by Gasteiger charge is -2.27. The minimum absolute atomic E-state index is 0.384. The van der Waals surface area contributed by atoms with Gasteiger partial charge < -0.3 is 15.0 Å². The van der Waals surface area contributed by atoms with Gasteiger partial charge in [0.1, 0.15) is 0 Å². The topological polar surface area (TPSA) is 87.6 Å². The van der Waals surface area contributed by atoms with Crippen LogP contribution in [0.1, 0.15) is 12.5 Å². The van der Waals surface area contributed by atoms with E-state index >= 15 is 0 Å². The van der Waals surface area contributed by atoms with Gasteiger partial charge >= 0.3 is 0 Å². The van der Waals surface area contributed by atoms with Crippen LogP contribution in [0.25, 0.3) is 0 Å². The molecule has 1 aliphatic heterocycles. The zero-order valence-corrected chi connectivity index (χ0v) is 16.2. The molecule has 1 saturated heterocycles. The van der Waals surface area contributed by atoms with Crippen molar-refractivity contribution < 1.29 is 4.74 Å². The van der Waals surface area contributed by atoms with Crippen molar-refractivity contribution in [3.05, 3.63) is 66.2 Å². The van der Waals surface area contributed by atoms with Gasteiger partial charge in [0.15, 0.2) is 0 Å². The van der Waals surface area contributed by atoms with E-state index in [9.17, 15) is 0 Å². The van der Waals surface area contributed by atoms with Crippen LogP contribution in [0.3, 0.4) is 0 Å². The molecule has 1 fully saturated rings. The van der Waals surface area contributed by atoms with Crippen LogP contribution in [0.4, 0.5) is 23.5 Å². The van der Waals surface area contributed by atoms with Crippen molar-refractivity contribution in [3.63, 3.8) is 0 Å². The van der Waals surface area contributed by atoms with Crippen LogP contribution >= 0.6 is 0 Å². The van der Waals surface area contributed by atoms with Gasteiger partial charge in [0.25, 0.3) is 0 Å². The van der Waals surface area contributed by atoms with Crippen LogP contribution in [0.2, 0.25) is 0 Å². The highest BCUT2D eigenvalue weighted by molar-refractivity contribution is 5.98. The number of hydrogen-bond acceptors (Lipinski definition) is 8. The number of morpholine rings is 1. The van der Waals surface area contributed by atoms with E-state index in [0.717, 1.165) is 30.1 Å². The summed E-state index contributed by atoms with van der Waals surface area (Å²) < 4.78 is 5.44. The molecule has 0 atom stereocenters. The van der Waals surface area contributed by atoms with Gasteiger partial charge in [-0.3, -0.25) is 0 Å². The van der Waals surface area contributed by atoms with E-state index in [1.165, 1.54) is 0 Å². The number of anilines is 4. The molecule has 2 aromatic carbocycles. The van der Waals surface area contributed by atoms with Crippen molar-refractivity contribution in [2.75, 3.05) is 41.9 Å². The SMILES string of the molecule is C/C(=N/Nc1nc(Nc2ccccc2)nc(N2CCOCC2)n1)c1ccccc1. The first kappa shape index (κ1) is 18.8. The fourth-order valence-electron chi connectivity index (χ4n) is 2.90. The Morgan fingerprint density at radius 3 is 2.28 bits per heavy atom. The normalized spacial score (nSPS) is 14.5. The van der Waals surface area contributed by atoms with Gasteiger partial charge in [-0.25, -0.2) is 5.43 Å². The molecule has 4 rings (SSSR count). The average Bonchev–Trinajstić information content (AvgIpc) is 2.79. The molecule has 148 valence electrons. The summed E-state index contributed by atoms with van der Waals surface area (Å²) in [6.07, 6.45) is 0. The van der Waals surface area contributed by atoms with Crippen molar-refractivity contribution in [1.82, 2.24) is 15.0 Å². The Morgan fingerprint density at radius 1 is 0.897 bits per heavy atom. The maximum absolute atomic E-state index is 5.44. The van der Waals surface area contributed by atoms with Gasteiger partial charge in [0.2, 0.25) is 17.8 Å². The van der Waals surface area contributed by atoms with Crippen LogP contribution < -0.4 is 15.6 Å². The van der Waals surface area contributed by atoms with Gasteiger partial charge in [-0.1, -0.05) is 48.5 Å². The second-order valence-corrected chi connectivity index (χ2v) is 6.55. The number of hydrazone groups is 1. The molecule has 0 amide bonds. The average molecular weight is 389 g/mol. The van der Waals surface area contributed by atoms with Crippen molar-refractivity contribution in [3.8, 4) is 0 Å². The molecule has 0 saturated carbocycles. The van der Waals surface area contributed by atoms with Gasteiger partial charge in [-0.15, -0.1) is 0 Å². The van der Waals surface area contributed by atoms with E-state index in [4.69, 9.17) is 4.74 Å². The zero-order valence-electron chi connectivity index (χ0n) is 16.2. The van der Waals surface area contributed by atoms with Crippen LogP contribution in [0, 0.1) is 0 Å². The monoisotopic (exact) mass is 389 g/mol. The Labute approximate surface area is 169 Å². The highest BCUT2D eigenvalue weighted by atomic mass is 16.5. The number of hydrogen-bond donors (Lipinski definition) is 2. The van der Waals surface area contributed by atoms with E-state index < -0.39 is 0 Å². The highest BCUT2D eigenvalue weighted by Gasteiger charge is 2.16. The van der Waals surface area contributed by atoms with Crippen LogP contribution in [0.15, 0.2) is 65.8 Å². The molecule has 0 spiro atoms. The maximum Gasteiger partial charge on any atom is 0.250 e. The Bertz CT molecular complexity index is 957. The van der Waals surface area contributed by atoms with Crippen LogP contribution in [-0.4, -0.2) is 47.0 Å². The minimum Gasteiger partial charge on any atom is -0.378 e. The van der Waals surface area contributed by atoms with Crippen molar-refractivity contribution in [1.29, 1.82) is 0 Å². The largest absolute Gasteiger partial charge is 0.378 e. The van der Waals surface area contributed by atoms with E-state index in [1.807, 2.05) is 67.6 Å².